The lowest BCUT2D eigenvalue weighted by molar-refractivity contribution is -0.135. The molecule has 2 rings (SSSR count). The molecular weight excluding hydrogens is 244 g/mol. The van der Waals surface area contributed by atoms with Crippen LogP contribution in [0.1, 0.15) is 25.3 Å². The lowest BCUT2D eigenvalue weighted by atomic mass is 10.2. The fourth-order valence-electron chi connectivity index (χ4n) is 2.36. The van der Waals surface area contributed by atoms with Gasteiger partial charge in [0.15, 0.2) is 0 Å². The van der Waals surface area contributed by atoms with Gasteiger partial charge in [-0.15, -0.1) is 0 Å². The summed E-state index contributed by atoms with van der Waals surface area (Å²) >= 11 is 0. The van der Waals surface area contributed by atoms with Crippen molar-refractivity contribution in [2.45, 2.75) is 32.4 Å². The highest BCUT2D eigenvalue weighted by Gasteiger charge is 2.20. The van der Waals surface area contributed by atoms with E-state index >= 15 is 0 Å². The first-order valence-electron chi connectivity index (χ1n) is 6.54. The van der Waals surface area contributed by atoms with E-state index in [4.69, 9.17) is 5.11 Å². The molecule has 0 spiro atoms. The minimum absolute atomic E-state index is 0.0947. The molecule has 1 saturated heterocycles. The smallest absolute Gasteiger partial charge is 0.323 e. The fraction of sp³-hybridized carbons (Fsp3) is 0.615. The minimum atomic E-state index is -0.888. The summed E-state index contributed by atoms with van der Waals surface area (Å²) < 4.78 is 0. The van der Waals surface area contributed by atoms with Crippen LogP contribution in [0.25, 0.3) is 0 Å². The maximum atomic E-state index is 10.6. The Kier molecular flexibility index (Phi) is 4.31. The minimum Gasteiger partial charge on any atom is -0.480 e. The number of carboxylic acid groups (broad SMARTS) is 1. The summed E-state index contributed by atoms with van der Waals surface area (Å²) in [7, 11) is 1.67. The van der Waals surface area contributed by atoms with Crippen molar-refractivity contribution in [2.75, 3.05) is 25.0 Å². The number of carbonyl (C=O) groups is 1. The molecule has 6 heteroatoms. The second-order valence-electron chi connectivity index (χ2n) is 5.10. The van der Waals surface area contributed by atoms with Gasteiger partial charge >= 0.3 is 5.97 Å². The Hall–Kier alpha value is -1.69. The normalized spacial score (nSPS) is 19.6. The van der Waals surface area contributed by atoms with Crippen LogP contribution in [0.3, 0.4) is 0 Å². The van der Waals surface area contributed by atoms with E-state index < -0.39 is 5.97 Å². The number of carboxylic acids is 1. The number of hydrogen-bond donors (Lipinski definition) is 1. The third-order valence-electron chi connectivity index (χ3n) is 3.48. The van der Waals surface area contributed by atoms with Crippen molar-refractivity contribution >= 4 is 11.9 Å². The average molecular weight is 264 g/mol. The molecule has 19 heavy (non-hydrogen) atoms. The van der Waals surface area contributed by atoms with E-state index in [1.165, 1.54) is 17.7 Å². The number of rotatable bonds is 5. The number of anilines is 1. The van der Waals surface area contributed by atoms with Gasteiger partial charge < -0.3 is 10.0 Å². The Labute approximate surface area is 113 Å². The number of likely N-dealkylation sites (N-methyl/N-ethyl adjacent to an activating group) is 1. The quantitative estimate of drug-likeness (QED) is 0.855. The van der Waals surface area contributed by atoms with Crippen LogP contribution in [-0.4, -0.2) is 52.1 Å². The Morgan fingerprint density at radius 2 is 2.21 bits per heavy atom. The second-order valence-corrected chi connectivity index (χ2v) is 5.10. The highest BCUT2D eigenvalue weighted by molar-refractivity contribution is 5.72. The van der Waals surface area contributed by atoms with E-state index in [1.54, 1.807) is 19.4 Å². The summed E-state index contributed by atoms with van der Waals surface area (Å²) in [6.45, 7) is 4.14. The molecule has 1 aliphatic rings. The molecule has 6 nitrogen and oxygen atoms in total. The van der Waals surface area contributed by atoms with Gasteiger partial charge in [-0.1, -0.05) is 0 Å². The monoisotopic (exact) mass is 264 g/mol. The molecule has 1 unspecified atom stereocenters. The van der Waals surface area contributed by atoms with Crippen molar-refractivity contribution in [3.8, 4) is 0 Å². The molecular formula is C13H20N4O2. The van der Waals surface area contributed by atoms with E-state index in [-0.39, 0.29) is 6.54 Å². The van der Waals surface area contributed by atoms with Crippen LogP contribution < -0.4 is 4.90 Å². The Bertz CT molecular complexity index is 435. The van der Waals surface area contributed by atoms with E-state index in [9.17, 15) is 4.79 Å². The number of hydrogen-bond acceptors (Lipinski definition) is 5. The van der Waals surface area contributed by atoms with Crippen LogP contribution in [0.15, 0.2) is 12.4 Å². The zero-order valence-electron chi connectivity index (χ0n) is 11.4. The highest BCUT2D eigenvalue weighted by Crippen LogP contribution is 2.19. The molecule has 1 fully saturated rings. The van der Waals surface area contributed by atoms with Crippen molar-refractivity contribution in [1.82, 2.24) is 14.9 Å². The SMILES string of the molecule is CC1CCCN1Cc1cnc(N(C)CC(=O)O)nc1. The molecule has 0 aliphatic carbocycles. The van der Waals surface area contributed by atoms with Crippen molar-refractivity contribution in [3.63, 3.8) is 0 Å². The molecule has 1 atom stereocenters. The summed E-state index contributed by atoms with van der Waals surface area (Å²) in [5, 5.41) is 8.71. The lowest BCUT2D eigenvalue weighted by Crippen LogP contribution is -2.28. The van der Waals surface area contributed by atoms with Crippen molar-refractivity contribution in [3.05, 3.63) is 18.0 Å². The van der Waals surface area contributed by atoms with Crippen molar-refractivity contribution in [1.29, 1.82) is 0 Å². The van der Waals surface area contributed by atoms with Gasteiger partial charge in [-0.3, -0.25) is 9.69 Å². The summed E-state index contributed by atoms with van der Waals surface area (Å²) in [5.41, 5.74) is 1.07. The van der Waals surface area contributed by atoms with Gasteiger partial charge in [0.2, 0.25) is 5.95 Å². The van der Waals surface area contributed by atoms with E-state index in [1.807, 2.05) is 0 Å². The van der Waals surface area contributed by atoms with Gasteiger partial charge in [0, 0.05) is 37.6 Å². The summed E-state index contributed by atoms with van der Waals surface area (Å²) in [4.78, 5) is 23.0. The van der Waals surface area contributed by atoms with Crippen molar-refractivity contribution < 1.29 is 9.90 Å². The molecule has 2 heterocycles. The third-order valence-corrected chi connectivity index (χ3v) is 3.48. The first-order valence-corrected chi connectivity index (χ1v) is 6.54. The topological polar surface area (TPSA) is 69.6 Å². The van der Waals surface area contributed by atoms with Crippen LogP contribution in [0.2, 0.25) is 0 Å². The second kappa shape index (κ2) is 5.97. The van der Waals surface area contributed by atoms with Crippen LogP contribution in [0, 0.1) is 0 Å². The summed E-state index contributed by atoms with van der Waals surface area (Å²) in [5.74, 6) is -0.443. The Morgan fingerprint density at radius 1 is 1.53 bits per heavy atom. The van der Waals surface area contributed by atoms with Crippen LogP contribution >= 0.6 is 0 Å². The van der Waals surface area contributed by atoms with E-state index in [0.717, 1.165) is 18.7 Å². The number of aliphatic carboxylic acids is 1. The molecule has 1 N–H and O–H groups in total. The van der Waals surface area contributed by atoms with Crippen LogP contribution in [0.5, 0.6) is 0 Å². The number of likely N-dealkylation sites (tertiary alicyclic amines) is 1. The van der Waals surface area contributed by atoms with Crippen LogP contribution in [-0.2, 0) is 11.3 Å². The van der Waals surface area contributed by atoms with E-state index in [2.05, 4.69) is 21.8 Å². The molecule has 0 bridgehead atoms. The maximum Gasteiger partial charge on any atom is 0.323 e. The molecule has 0 aromatic carbocycles. The lowest BCUT2D eigenvalue weighted by Gasteiger charge is -2.21. The van der Waals surface area contributed by atoms with Gasteiger partial charge in [0.1, 0.15) is 6.54 Å². The fourth-order valence-corrected chi connectivity index (χ4v) is 2.36. The third kappa shape index (κ3) is 3.64. The molecule has 0 radical (unpaired) electrons. The van der Waals surface area contributed by atoms with Gasteiger partial charge in [0.25, 0.3) is 0 Å². The molecule has 1 aliphatic heterocycles. The maximum absolute atomic E-state index is 10.6. The Morgan fingerprint density at radius 3 is 2.74 bits per heavy atom. The number of nitrogens with zero attached hydrogens (tertiary/aromatic N) is 4. The largest absolute Gasteiger partial charge is 0.480 e. The zero-order chi connectivity index (χ0) is 13.8. The first kappa shape index (κ1) is 13.7. The van der Waals surface area contributed by atoms with Gasteiger partial charge in [-0.05, 0) is 26.3 Å². The predicted molar refractivity (Wildman–Crippen MR) is 72.0 cm³/mol. The molecule has 1 aromatic heterocycles. The average Bonchev–Trinajstić information content (AvgIpc) is 2.75. The molecule has 0 amide bonds. The first-order chi connectivity index (χ1) is 9.06. The number of aromatic nitrogens is 2. The van der Waals surface area contributed by atoms with Gasteiger partial charge in [0.05, 0.1) is 0 Å². The summed E-state index contributed by atoms with van der Waals surface area (Å²) in [6.07, 6.45) is 6.07. The molecule has 104 valence electrons. The van der Waals surface area contributed by atoms with Gasteiger partial charge in [-0.2, -0.15) is 0 Å². The van der Waals surface area contributed by atoms with Crippen molar-refractivity contribution in [2.24, 2.45) is 0 Å². The van der Waals surface area contributed by atoms with E-state index in [0.29, 0.717) is 12.0 Å². The Balaban J connectivity index is 1.96. The molecule has 1 aromatic rings. The standard InChI is InChI=1S/C13H20N4O2/c1-10-4-3-5-17(10)8-11-6-14-13(15-7-11)16(2)9-12(18)19/h6-7,10H,3-5,8-9H2,1-2H3,(H,18,19). The molecule has 0 saturated carbocycles. The predicted octanol–water partition coefficient (Wildman–Crippen LogP) is 0.982. The summed E-state index contributed by atoms with van der Waals surface area (Å²) in [6, 6.07) is 0.620. The van der Waals surface area contributed by atoms with Crippen LogP contribution in [0.4, 0.5) is 5.95 Å². The highest BCUT2D eigenvalue weighted by atomic mass is 16.4. The zero-order valence-corrected chi connectivity index (χ0v) is 11.4. The van der Waals surface area contributed by atoms with Gasteiger partial charge in [-0.25, -0.2) is 9.97 Å².